The Morgan fingerprint density at radius 3 is 2.73 bits per heavy atom. The van der Waals surface area contributed by atoms with Gasteiger partial charge in [0.05, 0.1) is 12.7 Å². The lowest BCUT2D eigenvalue weighted by molar-refractivity contribution is -0.191. The zero-order chi connectivity index (χ0) is 11.5. The minimum absolute atomic E-state index is 0.0438. The first-order valence-corrected chi connectivity index (χ1v) is 4.51. The molecule has 2 N–H and O–H groups in total. The maximum Gasteiger partial charge on any atom is 0.405 e. The predicted molar refractivity (Wildman–Crippen MR) is 45.8 cm³/mol. The molecule has 0 radical (unpaired) electrons. The van der Waals surface area contributed by atoms with Crippen molar-refractivity contribution in [2.45, 2.75) is 18.3 Å². The summed E-state index contributed by atoms with van der Waals surface area (Å²) in [5.41, 5.74) is 5.09. The van der Waals surface area contributed by atoms with Crippen LogP contribution in [0.15, 0.2) is 0 Å². The predicted octanol–water partition coefficient (Wildman–Crippen LogP) is 0.100. The fourth-order valence-electron chi connectivity index (χ4n) is 1.52. The Labute approximate surface area is 85.4 Å². The van der Waals surface area contributed by atoms with Crippen LogP contribution in [0.5, 0.6) is 0 Å². The minimum atomic E-state index is -4.36. The van der Waals surface area contributed by atoms with Gasteiger partial charge in [-0.3, -0.25) is 4.90 Å². The lowest BCUT2D eigenvalue weighted by Crippen LogP contribution is -2.55. The van der Waals surface area contributed by atoms with Crippen molar-refractivity contribution in [2.24, 2.45) is 5.73 Å². The van der Waals surface area contributed by atoms with Crippen LogP contribution < -0.4 is 5.73 Å². The maximum atomic E-state index is 12.5. The van der Waals surface area contributed by atoms with Gasteiger partial charge in [-0.05, 0) is 0 Å². The molecule has 1 fully saturated rings. The van der Waals surface area contributed by atoms with E-state index in [1.165, 1.54) is 0 Å². The Kier molecular flexibility index (Phi) is 3.90. The van der Waals surface area contributed by atoms with Crippen molar-refractivity contribution >= 4 is 0 Å². The summed E-state index contributed by atoms with van der Waals surface area (Å²) < 4.78 is 42.4. The highest BCUT2D eigenvalue weighted by Crippen LogP contribution is 2.25. The Morgan fingerprint density at radius 1 is 1.60 bits per heavy atom. The van der Waals surface area contributed by atoms with E-state index in [2.05, 4.69) is 0 Å². The number of morpholine rings is 1. The molecule has 0 aromatic rings. The van der Waals surface area contributed by atoms with E-state index in [4.69, 9.17) is 15.7 Å². The average Bonchev–Trinajstić information content (AvgIpc) is 2.17. The van der Waals surface area contributed by atoms with Crippen LogP contribution in [0, 0.1) is 11.3 Å². The normalized spacial score (nSPS) is 25.9. The van der Waals surface area contributed by atoms with Gasteiger partial charge >= 0.3 is 6.18 Å². The Balaban J connectivity index is 2.65. The third-order valence-corrected chi connectivity index (χ3v) is 2.28. The van der Waals surface area contributed by atoms with Gasteiger partial charge in [0.1, 0.15) is 6.04 Å². The number of alkyl halides is 3. The zero-order valence-electron chi connectivity index (χ0n) is 8.00. The van der Waals surface area contributed by atoms with E-state index in [0.29, 0.717) is 0 Å². The second kappa shape index (κ2) is 4.79. The number of hydrogen-bond donors (Lipinski definition) is 1. The molecule has 0 bridgehead atoms. The smallest absolute Gasteiger partial charge is 0.361 e. The molecule has 0 amide bonds. The Morgan fingerprint density at radius 2 is 2.27 bits per heavy atom. The van der Waals surface area contributed by atoms with E-state index in [-0.39, 0.29) is 19.7 Å². The van der Waals surface area contributed by atoms with Crippen molar-refractivity contribution in [1.82, 2.24) is 4.90 Å². The van der Waals surface area contributed by atoms with Crippen molar-refractivity contribution in [3.05, 3.63) is 0 Å². The van der Waals surface area contributed by atoms with Crippen LogP contribution in [0.3, 0.4) is 0 Å². The highest BCUT2D eigenvalue weighted by molar-refractivity contribution is 4.92. The fourth-order valence-corrected chi connectivity index (χ4v) is 1.52. The van der Waals surface area contributed by atoms with Gasteiger partial charge in [0.15, 0.2) is 6.10 Å². The molecule has 7 heteroatoms. The highest BCUT2D eigenvalue weighted by Gasteiger charge is 2.43. The molecular weight excluding hydrogens is 211 g/mol. The van der Waals surface area contributed by atoms with Crippen molar-refractivity contribution in [1.29, 1.82) is 5.26 Å². The van der Waals surface area contributed by atoms with Crippen LogP contribution in [-0.4, -0.2) is 49.5 Å². The summed E-state index contributed by atoms with van der Waals surface area (Å²) in [4.78, 5) is 1.15. The number of nitriles is 1. The molecule has 0 aromatic carbocycles. The number of halogens is 3. The standard InChI is InChI=1S/C8H12F3N3O/c9-8(10,11)7(4-13)14-1-2-15-6(3-12)5-14/h6-7H,1-2,4-5,13H2. The molecule has 0 saturated carbocycles. The topological polar surface area (TPSA) is 62.3 Å². The number of rotatable bonds is 2. The first-order chi connectivity index (χ1) is 6.99. The monoisotopic (exact) mass is 223 g/mol. The fraction of sp³-hybridized carbons (Fsp3) is 0.875. The highest BCUT2D eigenvalue weighted by atomic mass is 19.4. The minimum Gasteiger partial charge on any atom is -0.361 e. The van der Waals surface area contributed by atoms with Gasteiger partial charge in [-0.15, -0.1) is 0 Å². The van der Waals surface area contributed by atoms with Crippen molar-refractivity contribution in [3.8, 4) is 6.07 Å². The molecule has 2 unspecified atom stereocenters. The quantitative estimate of drug-likeness (QED) is 0.721. The van der Waals surface area contributed by atoms with Crippen LogP contribution in [-0.2, 0) is 4.74 Å². The van der Waals surface area contributed by atoms with Gasteiger partial charge in [0.2, 0.25) is 0 Å². The number of nitrogens with zero attached hydrogens (tertiary/aromatic N) is 2. The summed E-state index contributed by atoms with van der Waals surface area (Å²) in [5.74, 6) is 0. The molecule has 1 aliphatic heterocycles. The lowest BCUT2D eigenvalue weighted by Gasteiger charge is -2.36. The van der Waals surface area contributed by atoms with Crippen LogP contribution in [0.2, 0.25) is 0 Å². The largest absolute Gasteiger partial charge is 0.405 e. The molecule has 0 aromatic heterocycles. The van der Waals surface area contributed by atoms with Gasteiger partial charge in [-0.1, -0.05) is 0 Å². The van der Waals surface area contributed by atoms with Crippen LogP contribution in [0.4, 0.5) is 13.2 Å². The van der Waals surface area contributed by atoms with Crippen molar-refractivity contribution in [2.75, 3.05) is 26.2 Å². The van der Waals surface area contributed by atoms with Crippen LogP contribution in [0.25, 0.3) is 0 Å². The lowest BCUT2D eigenvalue weighted by atomic mass is 10.2. The molecule has 0 aliphatic carbocycles. The molecule has 1 saturated heterocycles. The number of nitrogens with two attached hydrogens (primary N) is 1. The number of ether oxygens (including phenoxy) is 1. The molecule has 4 nitrogen and oxygen atoms in total. The van der Waals surface area contributed by atoms with Gasteiger partial charge < -0.3 is 10.5 Å². The number of hydrogen-bond acceptors (Lipinski definition) is 4. The second-order valence-corrected chi connectivity index (χ2v) is 3.28. The van der Waals surface area contributed by atoms with Crippen molar-refractivity contribution < 1.29 is 17.9 Å². The molecule has 1 heterocycles. The average molecular weight is 223 g/mol. The maximum absolute atomic E-state index is 12.5. The molecule has 1 rings (SSSR count). The van der Waals surface area contributed by atoms with E-state index in [1.54, 1.807) is 6.07 Å². The molecule has 15 heavy (non-hydrogen) atoms. The molecular formula is C8H12F3N3O. The van der Waals surface area contributed by atoms with Crippen LogP contribution >= 0.6 is 0 Å². The van der Waals surface area contributed by atoms with E-state index in [0.717, 1.165) is 4.90 Å². The van der Waals surface area contributed by atoms with Crippen LogP contribution in [0.1, 0.15) is 0 Å². The molecule has 2 atom stereocenters. The van der Waals surface area contributed by atoms with E-state index < -0.39 is 24.9 Å². The van der Waals surface area contributed by atoms with Gasteiger partial charge in [0, 0.05) is 19.6 Å². The third kappa shape index (κ3) is 3.06. The summed E-state index contributed by atoms with van der Waals surface area (Å²) >= 11 is 0. The van der Waals surface area contributed by atoms with E-state index in [1.807, 2.05) is 0 Å². The zero-order valence-corrected chi connectivity index (χ0v) is 8.00. The molecule has 1 aliphatic rings. The van der Waals surface area contributed by atoms with Crippen molar-refractivity contribution in [3.63, 3.8) is 0 Å². The second-order valence-electron chi connectivity index (χ2n) is 3.28. The summed E-state index contributed by atoms with van der Waals surface area (Å²) in [5, 5.41) is 8.55. The van der Waals surface area contributed by atoms with E-state index >= 15 is 0 Å². The summed E-state index contributed by atoms with van der Waals surface area (Å²) in [6.07, 6.45) is -5.15. The van der Waals surface area contributed by atoms with Gasteiger partial charge in [-0.2, -0.15) is 18.4 Å². The SMILES string of the molecule is N#CC1CN(C(CN)C(F)(F)F)CCO1. The van der Waals surface area contributed by atoms with Gasteiger partial charge in [-0.25, -0.2) is 0 Å². The third-order valence-electron chi connectivity index (χ3n) is 2.28. The Bertz CT molecular complexity index is 250. The molecule has 0 spiro atoms. The van der Waals surface area contributed by atoms with Gasteiger partial charge in [0.25, 0.3) is 0 Å². The Hall–Kier alpha value is -0.840. The molecule has 86 valence electrons. The summed E-state index contributed by atoms with van der Waals surface area (Å²) in [6.45, 7) is -0.260. The van der Waals surface area contributed by atoms with E-state index in [9.17, 15) is 13.2 Å². The first kappa shape index (κ1) is 12.2. The summed E-state index contributed by atoms with van der Waals surface area (Å²) in [6, 6.07) is 0.109. The first-order valence-electron chi connectivity index (χ1n) is 4.51. The summed E-state index contributed by atoms with van der Waals surface area (Å²) in [7, 11) is 0.